The van der Waals surface area contributed by atoms with Gasteiger partial charge in [-0.2, -0.15) is 0 Å². The molecule has 154 valence electrons. The molecule has 2 amide bonds. The quantitative estimate of drug-likeness (QED) is 0.814. The van der Waals surface area contributed by atoms with Gasteiger partial charge in [0.15, 0.2) is 0 Å². The Morgan fingerprint density at radius 1 is 0.929 bits per heavy atom. The monoisotopic (exact) mass is 385 g/mol. The van der Waals surface area contributed by atoms with Crippen LogP contribution in [0, 0.1) is 5.92 Å². The molecule has 1 saturated heterocycles. The van der Waals surface area contributed by atoms with Gasteiger partial charge in [-0.1, -0.05) is 12.8 Å². The van der Waals surface area contributed by atoms with Crippen molar-refractivity contribution in [3.8, 4) is 0 Å². The molecule has 0 aromatic heterocycles. The van der Waals surface area contributed by atoms with Crippen molar-refractivity contribution >= 4 is 11.8 Å². The number of piperidine rings is 1. The Bertz CT molecular complexity index is 664. The summed E-state index contributed by atoms with van der Waals surface area (Å²) in [6, 6.07) is 7.17. The number of carbonyl (C=O) groups is 2. The zero-order valence-corrected chi connectivity index (χ0v) is 17.6. The minimum Gasteiger partial charge on any atom is -0.349 e. The van der Waals surface area contributed by atoms with E-state index in [-0.39, 0.29) is 23.4 Å². The summed E-state index contributed by atoms with van der Waals surface area (Å²) in [5.74, 6) is 0.728. The molecule has 1 aliphatic carbocycles. The van der Waals surface area contributed by atoms with E-state index in [1.165, 1.54) is 32.2 Å². The van der Waals surface area contributed by atoms with Gasteiger partial charge in [-0.05, 0) is 76.6 Å². The highest BCUT2D eigenvalue weighted by atomic mass is 16.2. The van der Waals surface area contributed by atoms with Crippen molar-refractivity contribution in [3.05, 3.63) is 35.4 Å². The van der Waals surface area contributed by atoms with Crippen LogP contribution in [-0.2, 0) is 0 Å². The van der Waals surface area contributed by atoms with E-state index in [9.17, 15) is 9.59 Å². The Kier molecular flexibility index (Phi) is 6.76. The van der Waals surface area contributed by atoms with E-state index in [2.05, 4.69) is 15.5 Å². The molecular weight excluding hydrogens is 350 g/mol. The summed E-state index contributed by atoms with van der Waals surface area (Å²) >= 11 is 0. The first-order valence-electron chi connectivity index (χ1n) is 10.8. The van der Waals surface area contributed by atoms with E-state index in [0.29, 0.717) is 11.1 Å². The van der Waals surface area contributed by atoms with Gasteiger partial charge in [0.25, 0.3) is 11.8 Å². The number of rotatable bonds is 5. The molecule has 1 saturated carbocycles. The van der Waals surface area contributed by atoms with Crippen molar-refractivity contribution in [1.82, 2.24) is 15.5 Å². The summed E-state index contributed by atoms with van der Waals surface area (Å²) in [4.78, 5) is 27.3. The predicted octanol–water partition coefficient (Wildman–Crippen LogP) is 3.60. The first kappa shape index (κ1) is 20.8. The van der Waals surface area contributed by atoms with E-state index in [4.69, 9.17) is 0 Å². The average Bonchev–Trinajstić information content (AvgIpc) is 3.15. The Balaban J connectivity index is 1.45. The molecule has 0 atom stereocenters. The number of nitrogens with one attached hydrogen (secondary N) is 2. The number of hydrogen-bond acceptors (Lipinski definition) is 3. The van der Waals surface area contributed by atoms with E-state index >= 15 is 0 Å². The van der Waals surface area contributed by atoms with Crippen LogP contribution in [0.25, 0.3) is 0 Å². The molecule has 0 unspecified atom stereocenters. The van der Waals surface area contributed by atoms with Gasteiger partial charge in [-0.3, -0.25) is 9.59 Å². The zero-order chi connectivity index (χ0) is 20.1. The summed E-state index contributed by atoms with van der Waals surface area (Å²) in [5, 5.41) is 6.11. The minimum absolute atomic E-state index is 0.0444. The zero-order valence-electron chi connectivity index (χ0n) is 17.6. The number of benzene rings is 1. The molecule has 1 heterocycles. The highest BCUT2D eigenvalue weighted by Crippen LogP contribution is 2.26. The van der Waals surface area contributed by atoms with Crippen LogP contribution in [0.4, 0.5) is 0 Å². The van der Waals surface area contributed by atoms with Crippen LogP contribution >= 0.6 is 0 Å². The summed E-state index contributed by atoms with van der Waals surface area (Å²) < 4.78 is 0. The topological polar surface area (TPSA) is 61.4 Å². The second kappa shape index (κ2) is 9.08. The van der Waals surface area contributed by atoms with Crippen LogP contribution in [-0.4, -0.2) is 47.9 Å². The molecular formula is C23H35N3O2. The van der Waals surface area contributed by atoms with Gasteiger partial charge in [-0.15, -0.1) is 0 Å². The van der Waals surface area contributed by atoms with Crippen molar-refractivity contribution in [2.24, 2.45) is 5.92 Å². The lowest BCUT2D eigenvalue weighted by Crippen LogP contribution is -2.45. The first-order valence-corrected chi connectivity index (χ1v) is 10.8. The van der Waals surface area contributed by atoms with Gasteiger partial charge in [0.2, 0.25) is 0 Å². The molecule has 0 radical (unpaired) electrons. The van der Waals surface area contributed by atoms with Gasteiger partial charge in [0.1, 0.15) is 0 Å². The summed E-state index contributed by atoms with van der Waals surface area (Å²) in [6.07, 6.45) is 7.61. The molecule has 3 rings (SSSR count). The highest BCUT2D eigenvalue weighted by molar-refractivity contribution is 5.98. The molecule has 1 aromatic carbocycles. The van der Waals surface area contributed by atoms with Crippen LogP contribution in [0.5, 0.6) is 0 Å². The fourth-order valence-corrected chi connectivity index (χ4v) is 4.27. The summed E-state index contributed by atoms with van der Waals surface area (Å²) in [7, 11) is 0. The average molecular weight is 386 g/mol. The highest BCUT2D eigenvalue weighted by Gasteiger charge is 2.24. The smallest absolute Gasteiger partial charge is 0.251 e. The van der Waals surface area contributed by atoms with Gasteiger partial charge < -0.3 is 15.5 Å². The van der Waals surface area contributed by atoms with Crippen LogP contribution in [0.2, 0.25) is 0 Å². The largest absolute Gasteiger partial charge is 0.349 e. The van der Waals surface area contributed by atoms with Gasteiger partial charge in [-0.25, -0.2) is 0 Å². The van der Waals surface area contributed by atoms with Crippen molar-refractivity contribution in [1.29, 1.82) is 0 Å². The molecule has 5 heteroatoms. The standard InChI is InChI=1S/C23H35N3O2/c1-23(2,3)25-22(28)19-10-8-18(9-11-19)21(27)24-20-12-14-26(15-13-20)16-17-6-4-5-7-17/h8-11,17,20H,4-7,12-16H2,1-3H3,(H,24,27)(H,25,28). The van der Waals surface area contributed by atoms with Crippen molar-refractivity contribution < 1.29 is 9.59 Å². The Hall–Kier alpha value is -1.88. The second-order valence-corrected chi connectivity index (χ2v) is 9.48. The number of carbonyl (C=O) groups excluding carboxylic acids is 2. The molecule has 1 aromatic rings. The predicted molar refractivity (Wildman–Crippen MR) is 113 cm³/mol. The van der Waals surface area contributed by atoms with E-state index in [0.717, 1.165) is 31.8 Å². The number of likely N-dealkylation sites (tertiary alicyclic amines) is 1. The fourth-order valence-electron chi connectivity index (χ4n) is 4.27. The number of nitrogens with zero attached hydrogens (tertiary/aromatic N) is 1. The first-order chi connectivity index (χ1) is 13.3. The van der Waals surface area contributed by atoms with Gasteiger partial charge >= 0.3 is 0 Å². The third kappa shape index (κ3) is 6.06. The van der Waals surface area contributed by atoms with Crippen molar-refractivity contribution in [2.75, 3.05) is 19.6 Å². The SMILES string of the molecule is CC(C)(C)NC(=O)c1ccc(C(=O)NC2CCN(CC3CCCC3)CC2)cc1. The number of amides is 2. The van der Waals surface area contributed by atoms with Crippen LogP contribution < -0.4 is 10.6 Å². The van der Waals surface area contributed by atoms with E-state index < -0.39 is 0 Å². The molecule has 2 aliphatic rings. The third-order valence-corrected chi connectivity index (χ3v) is 5.81. The maximum atomic E-state index is 12.6. The normalized spacial score (nSPS) is 19.5. The van der Waals surface area contributed by atoms with Gasteiger partial charge in [0.05, 0.1) is 0 Å². The lowest BCUT2D eigenvalue weighted by Gasteiger charge is -2.33. The fraction of sp³-hybridized carbons (Fsp3) is 0.652. The maximum Gasteiger partial charge on any atom is 0.251 e. The maximum absolute atomic E-state index is 12.6. The lowest BCUT2D eigenvalue weighted by molar-refractivity contribution is 0.0898. The number of hydrogen-bond donors (Lipinski definition) is 2. The lowest BCUT2D eigenvalue weighted by atomic mass is 10.0. The van der Waals surface area contributed by atoms with Gasteiger partial charge in [0, 0.05) is 42.3 Å². The Morgan fingerprint density at radius 3 is 2.00 bits per heavy atom. The van der Waals surface area contributed by atoms with Crippen LogP contribution in [0.15, 0.2) is 24.3 Å². The van der Waals surface area contributed by atoms with Crippen molar-refractivity contribution in [3.63, 3.8) is 0 Å². The Labute approximate surface area is 169 Å². The van der Waals surface area contributed by atoms with E-state index in [1.54, 1.807) is 24.3 Å². The van der Waals surface area contributed by atoms with Crippen LogP contribution in [0.3, 0.4) is 0 Å². The summed E-state index contributed by atoms with van der Waals surface area (Å²) in [6.45, 7) is 9.24. The molecule has 0 bridgehead atoms. The molecule has 0 spiro atoms. The van der Waals surface area contributed by atoms with Crippen molar-refractivity contribution in [2.45, 2.75) is 70.9 Å². The second-order valence-electron chi connectivity index (χ2n) is 9.48. The summed E-state index contributed by atoms with van der Waals surface area (Å²) in [5.41, 5.74) is 0.909. The molecule has 5 nitrogen and oxygen atoms in total. The molecule has 1 aliphatic heterocycles. The van der Waals surface area contributed by atoms with E-state index in [1.807, 2.05) is 20.8 Å². The Morgan fingerprint density at radius 2 is 1.46 bits per heavy atom. The van der Waals surface area contributed by atoms with Crippen LogP contribution in [0.1, 0.15) is 80.0 Å². The minimum atomic E-state index is -0.278. The molecule has 2 fully saturated rings. The third-order valence-electron chi connectivity index (χ3n) is 5.81. The molecule has 28 heavy (non-hydrogen) atoms. The molecule has 2 N–H and O–H groups in total.